The van der Waals surface area contributed by atoms with Crippen molar-refractivity contribution >= 4 is 15.9 Å². The summed E-state index contributed by atoms with van der Waals surface area (Å²) in [5.74, 6) is 1.55. The number of hydrogen-bond donors (Lipinski definition) is 1. The average molecular weight is 353 g/mol. The molecule has 0 unspecified atom stereocenters. The van der Waals surface area contributed by atoms with Crippen molar-refractivity contribution in [1.29, 1.82) is 0 Å². The molecule has 5 heteroatoms. The highest BCUT2D eigenvalue weighted by molar-refractivity contribution is 9.10. The van der Waals surface area contributed by atoms with Crippen LogP contribution in [0.5, 0.6) is 11.5 Å². The molecule has 0 bridgehead atoms. The van der Waals surface area contributed by atoms with Gasteiger partial charge in [-0.2, -0.15) is 0 Å². The van der Waals surface area contributed by atoms with E-state index in [9.17, 15) is 4.39 Å². The molecule has 1 aromatic heterocycles. The molecule has 2 aromatic rings. The van der Waals surface area contributed by atoms with Crippen LogP contribution in [0.2, 0.25) is 0 Å². The van der Waals surface area contributed by atoms with Gasteiger partial charge in [0.2, 0.25) is 0 Å². The van der Waals surface area contributed by atoms with E-state index in [0.29, 0.717) is 28.4 Å². The van der Waals surface area contributed by atoms with E-state index in [1.54, 1.807) is 18.3 Å². The highest BCUT2D eigenvalue weighted by Crippen LogP contribution is 2.30. The largest absolute Gasteiger partial charge is 0.456 e. The number of nitrogens with zero attached hydrogens (tertiary/aromatic N) is 1. The third kappa shape index (κ3) is 5.10. The molecule has 1 N–H and O–H groups in total. The highest BCUT2D eigenvalue weighted by Gasteiger charge is 2.05. The van der Waals surface area contributed by atoms with E-state index in [2.05, 4.69) is 40.1 Å². The summed E-state index contributed by atoms with van der Waals surface area (Å²) in [6.07, 6.45) is 1.71. The average Bonchev–Trinajstić information content (AvgIpc) is 2.42. The molecule has 0 aliphatic rings. The van der Waals surface area contributed by atoms with Crippen LogP contribution in [0.4, 0.5) is 4.39 Å². The molecule has 0 saturated heterocycles. The Balaban J connectivity index is 2.03. The number of rotatable bonds is 6. The van der Waals surface area contributed by atoms with Crippen molar-refractivity contribution in [3.05, 3.63) is 52.5 Å². The molecular formula is C16H18BrFN2O. The SMILES string of the molecule is CC(C)CNCc1cc(Oc2ccc(F)cc2Br)ccn1. The molecule has 2 rings (SSSR count). The Labute approximate surface area is 132 Å². The van der Waals surface area contributed by atoms with Crippen LogP contribution in [-0.2, 0) is 6.54 Å². The second kappa shape index (κ2) is 7.52. The van der Waals surface area contributed by atoms with E-state index >= 15 is 0 Å². The number of nitrogens with one attached hydrogen (secondary N) is 1. The van der Waals surface area contributed by atoms with Crippen LogP contribution < -0.4 is 10.1 Å². The third-order valence-electron chi connectivity index (χ3n) is 2.77. The first-order chi connectivity index (χ1) is 10.0. The van der Waals surface area contributed by atoms with Gasteiger partial charge in [-0.3, -0.25) is 4.98 Å². The first-order valence-corrected chi connectivity index (χ1v) is 7.62. The monoisotopic (exact) mass is 352 g/mol. The van der Waals surface area contributed by atoms with Crippen molar-refractivity contribution in [3.8, 4) is 11.5 Å². The van der Waals surface area contributed by atoms with Crippen molar-refractivity contribution in [1.82, 2.24) is 10.3 Å². The summed E-state index contributed by atoms with van der Waals surface area (Å²) in [5.41, 5.74) is 0.909. The number of pyridine rings is 1. The summed E-state index contributed by atoms with van der Waals surface area (Å²) in [7, 11) is 0. The lowest BCUT2D eigenvalue weighted by Gasteiger charge is -2.10. The third-order valence-corrected chi connectivity index (χ3v) is 3.39. The van der Waals surface area contributed by atoms with Gasteiger partial charge in [-0.15, -0.1) is 0 Å². The standard InChI is InChI=1S/C16H18BrFN2O/c1-11(2)9-19-10-13-8-14(5-6-20-13)21-16-4-3-12(18)7-15(16)17/h3-8,11,19H,9-10H2,1-2H3. The lowest BCUT2D eigenvalue weighted by Crippen LogP contribution is -2.19. The summed E-state index contributed by atoms with van der Waals surface area (Å²) in [4.78, 5) is 4.30. The summed E-state index contributed by atoms with van der Waals surface area (Å²) in [6.45, 7) is 5.95. The summed E-state index contributed by atoms with van der Waals surface area (Å²) in [5, 5.41) is 3.33. The number of ether oxygens (including phenoxy) is 1. The van der Waals surface area contributed by atoms with Crippen molar-refractivity contribution in [2.45, 2.75) is 20.4 Å². The molecular weight excluding hydrogens is 335 g/mol. The molecule has 0 spiro atoms. The van der Waals surface area contributed by atoms with E-state index in [4.69, 9.17) is 4.74 Å². The van der Waals surface area contributed by atoms with Gasteiger partial charge < -0.3 is 10.1 Å². The van der Waals surface area contributed by atoms with E-state index < -0.39 is 0 Å². The maximum absolute atomic E-state index is 13.1. The van der Waals surface area contributed by atoms with Crippen LogP contribution >= 0.6 is 15.9 Å². The van der Waals surface area contributed by atoms with Crippen molar-refractivity contribution in [3.63, 3.8) is 0 Å². The Hall–Kier alpha value is -1.46. The Morgan fingerprint density at radius 3 is 2.81 bits per heavy atom. The predicted molar refractivity (Wildman–Crippen MR) is 85.0 cm³/mol. The van der Waals surface area contributed by atoms with Gasteiger partial charge in [0.1, 0.15) is 17.3 Å². The lowest BCUT2D eigenvalue weighted by atomic mass is 10.2. The van der Waals surface area contributed by atoms with Gasteiger partial charge in [-0.1, -0.05) is 13.8 Å². The van der Waals surface area contributed by atoms with E-state index in [1.807, 2.05) is 6.07 Å². The Morgan fingerprint density at radius 2 is 2.10 bits per heavy atom. The first-order valence-electron chi connectivity index (χ1n) is 6.83. The van der Waals surface area contributed by atoms with E-state index in [1.165, 1.54) is 12.1 Å². The summed E-state index contributed by atoms with van der Waals surface area (Å²) >= 11 is 3.29. The van der Waals surface area contributed by atoms with Gasteiger partial charge >= 0.3 is 0 Å². The molecule has 0 fully saturated rings. The molecule has 0 atom stereocenters. The first kappa shape index (κ1) is 15.9. The number of hydrogen-bond acceptors (Lipinski definition) is 3. The molecule has 0 aliphatic carbocycles. The normalized spacial score (nSPS) is 10.9. The van der Waals surface area contributed by atoms with Gasteiger partial charge in [-0.25, -0.2) is 4.39 Å². The molecule has 0 aliphatic heterocycles. The summed E-state index contributed by atoms with van der Waals surface area (Å²) in [6, 6.07) is 8.00. The quantitative estimate of drug-likeness (QED) is 0.829. The number of benzene rings is 1. The zero-order valence-electron chi connectivity index (χ0n) is 12.1. The minimum Gasteiger partial charge on any atom is -0.456 e. The Bertz CT molecular complexity index is 605. The fourth-order valence-electron chi connectivity index (χ4n) is 1.79. The van der Waals surface area contributed by atoms with Crippen LogP contribution in [0.3, 0.4) is 0 Å². The second-order valence-electron chi connectivity index (χ2n) is 5.18. The topological polar surface area (TPSA) is 34.1 Å². The van der Waals surface area contributed by atoms with Crippen molar-refractivity contribution in [2.75, 3.05) is 6.54 Å². The van der Waals surface area contributed by atoms with Crippen LogP contribution in [0.1, 0.15) is 19.5 Å². The van der Waals surface area contributed by atoms with Crippen LogP contribution in [0.25, 0.3) is 0 Å². The van der Waals surface area contributed by atoms with Gasteiger partial charge in [-0.05, 0) is 52.7 Å². The van der Waals surface area contributed by atoms with Crippen LogP contribution in [0, 0.1) is 11.7 Å². The van der Waals surface area contributed by atoms with Crippen molar-refractivity contribution < 1.29 is 9.13 Å². The van der Waals surface area contributed by atoms with Crippen LogP contribution in [0.15, 0.2) is 41.0 Å². The predicted octanol–water partition coefficient (Wildman–Crippen LogP) is 4.52. The fourth-order valence-corrected chi connectivity index (χ4v) is 2.22. The zero-order valence-corrected chi connectivity index (χ0v) is 13.7. The van der Waals surface area contributed by atoms with Gasteiger partial charge in [0.05, 0.1) is 10.2 Å². The minimum absolute atomic E-state index is 0.303. The fraction of sp³-hybridized carbons (Fsp3) is 0.312. The maximum Gasteiger partial charge on any atom is 0.141 e. The molecule has 1 aromatic carbocycles. The van der Waals surface area contributed by atoms with Gasteiger partial charge in [0.15, 0.2) is 0 Å². The molecule has 3 nitrogen and oxygen atoms in total. The summed E-state index contributed by atoms with van der Waals surface area (Å²) < 4.78 is 19.4. The Morgan fingerprint density at radius 1 is 1.29 bits per heavy atom. The smallest absolute Gasteiger partial charge is 0.141 e. The van der Waals surface area contributed by atoms with Gasteiger partial charge in [0, 0.05) is 18.8 Å². The molecule has 112 valence electrons. The Kier molecular flexibility index (Phi) is 5.70. The molecule has 1 heterocycles. The lowest BCUT2D eigenvalue weighted by molar-refractivity contribution is 0.474. The second-order valence-corrected chi connectivity index (χ2v) is 6.04. The van der Waals surface area contributed by atoms with E-state index in [-0.39, 0.29) is 5.82 Å². The number of halogens is 2. The van der Waals surface area contributed by atoms with Crippen molar-refractivity contribution in [2.24, 2.45) is 5.92 Å². The van der Waals surface area contributed by atoms with Gasteiger partial charge in [0.25, 0.3) is 0 Å². The molecule has 0 saturated carbocycles. The highest BCUT2D eigenvalue weighted by atomic mass is 79.9. The zero-order chi connectivity index (χ0) is 15.2. The van der Waals surface area contributed by atoms with E-state index in [0.717, 1.165) is 12.2 Å². The molecule has 0 radical (unpaired) electrons. The molecule has 0 amide bonds. The minimum atomic E-state index is -0.303. The number of aromatic nitrogens is 1. The maximum atomic E-state index is 13.1. The molecule has 21 heavy (non-hydrogen) atoms. The van der Waals surface area contributed by atoms with Crippen LogP contribution in [-0.4, -0.2) is 11.5 Å².